The van der Waals surface area contributed by atoms with Crippen LogP contribution in [0.5, 0.6) is 0 Å². The van der Waals surface area contributed by atoms with E-state index in [0.29, 0.717) is 46.0 Å². The molecular weight excluding hydrogens is 404 g/mol. The molecule has 4 aliphatic rings. The Labute approximate surface area is 194 Å². The number of hydrogen-bond acceptors (Lipinski definition) is 5. The summed E-state index contributed by atoms with van der Waals surface area (Å²) in [5.74, 6) is 2.65. The van der Waals surface area contributed by atoms with Crippen molar-refractivity contribution >= 4 is 11.8 Å². The Morgan fingerprint density at radius 1 is 0.613 bits per heavy atom. The minimum Gasteiger partial charge on any atom is -0.391 e. The monoisotopic (exact) mass is 452 g/mol. The highest BCUT2D eigenvalue weighted by molar-refractivity contribution is 8.00. The van der Waals surface area contributed by atoms with Crippen molar-refractivity contribution in [1.29, 1.82) is 0 Å². The topological polar surface area (TPSA) is 92.5 Å². The lowest BCUT2D eigenvalue weighted by atomic mass is 9.67. The van der Waals surface area contributed by atoms with Gasteiger partial charge in [0.15, 0.2) is 0 Å². The molecular formula is C26H48N2O2S. The molecule has 0 aromatic heterocycles. The van der Waals surface area contributed by atoms with E-state index < -0.39 is 0 Å². The summed E-state index contributed by atoms with van der Waals surface area (Å²) in [5, 5.41) is 23.1. The molecule has 10 unspecified atom stereocenters. The van der Waals surface area contributed by atoms with Gasteiger partial charge in [-0.1, -0.05) is 78.1 Å². The highest BCUT2D eigenvalue weighted by Gasteiger charge is 2.48. The largest absolute Gasteiger partial charge is 0.391 e. The van der Waals surface area contributed by atoms with Gasteiger partial charge in [0.1, 0.15) is 0 Å². The molecule has 0 aliphatic heterocycles. The Kier molecular flexibility index (Phi) is 8.34. The average Bonchev–Trinajstić information content (AvgIpc) is 2.80. The molecule has 0 aromatic carbocycles. The zero-order chi connectivity index (χ0) is 22.1. The fraction of sp³-hybridized carbons (Fsp3) is 1.00. The van der Waals surface area contributed by atoms with Gasteiger partial charge in [-0.15, -0.1) is 0 Å². The summed E-state index contributed by atoms with van der Waals surface area (Å²) in [6.45, 7) is 4.51. The normalized spacial score (nSPS) is 48.6. The molecule has 0 radical (unpaired) electrons. The predicted octanol–water partition coefficient (Wildman–Crippen LogP) is 4.31. The van der Waals surface area contributed by atoms with Crippen molar-refractivity contribution in [3.63, 3.8) is 0 Å². The summed E-state index contributed by atoms with van der Waals surface area (Å²) in [4.78, 5) is 0. The van der Waals surface area contributed by atoms with Crippen LogP contribution in [0.25, 0.3) is 0 Å². The van der Waals surface area contributed by atoms with Crippen LogP contribution >= 0.6 is 11.8 Å². The van der Waals surface area contributed by atoms with Gasteiger partial charge < -0.3 is 21.7 Å². The molecule has 10 atom stereocenters. The van der Waals surface area contributed by atoms with Crippen LogP contribution in [0, 0.1) is 35.5 Å². The Bertz CT molecular complexity index is 514. The Morgan fingerprint density at radius 2 is 0.968 bits per heavy atom. The van der Waals surface area contributed by atoms with Crippen molar-refractivity contribution in [2.45, 2.75) is 126 Å². The number of thioether (sulfide) groups is 1. The highest BCUT2D eigenvalue weighted by atomic mass is 32.2. The fourth-order valence-corrected chi connectivity index (χ4v) is 9.56. The summed E-state index contributed by atoms with van der Waals surface area (Å²) in [6.07, 6.45) is 14.5. The number of rotatable bonds is 4. The Balaban J connectivity index is 1.46. The maximum atomic E-state index is 11.0. The van der Waals surface area contributed by atoms with Crippen molar-refractivity contribution in [2.75, 3.05) is 0 Å². The van der Waals surface area contributed by atoms with Crippen molar-refractivity contribution < 1.29 is 10.2 Å². The first-order valence-electron chi connectivity index (χ1n) is 13.4. The van der Waals surface area contributed by atoms with Crippen LogP contribution in [0.15, 0.2) is 0 Å². The number of aliphatic hydroxyl groups excluding tert-OH is 2. The van der Waals surface area contributed by atoms with E-state index in [0.717, 1.165) is 12.8 Å². The number of hydrogen-bond donors (Lipinski definition) is 4. The van der Waals surface area contributed by atoms with E-state index in [1.165, 1.54) is 64.2 Å². The van der Waals surface area contributed by atoms with E-state index in [1.54, 1.807) is 0 Å². The van der Waals surface area contributed by atoms with Gasteiger partial charge in [-0.2, -0.15) is 11.8 Å². The second-order valence-electron chi connectivity index (χ2n) is 11.7. The zero-order valence-electron chi connectivity index (χ0n) is 19.9. The van der Waals surface area contributed by atoms with Gasteiger partial charge in [0.25, 0.3) is 0 Å². The number of nitrogens with two attached hydrogens (primary N) is 2. The lowest BCUT2D eigenvalue weighted by Gasteiger charge is -2.50. The van der Waals surface area contributed by atoms with E-state index in [1.807, 2.05) is 0 Å². The fourth-order valence-electron chi connectivity index (χ4n) is 7.58. The van der Waals surface area contributed by atoms with Crippen molar-refractivity contribution in [3.05, 3.63) is 0 Å². The SMILES string of the molecule is CC1C(SC2CC(C3CCCCC3)C(O)C(N)C2C)CC(C2CCCCC2)C(O)C1N. The Morgan fingerprint density at radius 3 is 1.32 bits per heavy atom. The maximum Gasteiger partial charge on any atom is 0.0725 e. The third-order valence-corrected chi connectivity index (χ3v) is 11.9. The molecule has 4 fully saturated rings. The molecule has 0 amide bonds. The van der Waals surface area contributed by atoms with Gasteiger partial charge in [-0.3, -0.25) is 0 Å². The Hall–Kier alpha value is 0.190. The molecule has 4 nitrogen and oxygen atoms in total. The third-order valence-electron chi connectivity index (χ3n) is 9.92. The third kappa shape index (κ3) is 5.16. The van der Waals surface area contributed by atoms with E-state index in [2.05, 4.69) is 25.6 Å². The van der Waals surface area contributed by atoms with Crippen LogP contribution in [0.3, 0.4) is 0 Å². The molecule has 6 N–H and O–H groups in total. The molecule has 0 bridgehead atoms. The molecule has 4 saturated carbocycles. The molecule has 4 rings (SSSR count). The first-order valence-corrected chi connectivity index (χ1v) is 14.4. The van der Waals surface area contributed by atoms with Crippen molar-refractivity contribution in [2.24, 2.45) is 47.0 Å². The van der Waals surface area contributed by atoms with Gasteiger partial charge in [-0.25, -0.2) is 0 Å². The van der Waals surface area contributed by atoms with E-state index >= 15 is 0 Å². The minimum absolute atomic E-state index is 0.120. The molecule has 31 heavy (non-hydrogen) atoms. The van der Waals surface area contributed by atoms with Crippen LogP contribution in [0.1, 0.15) is 90.9 Å². The molecule has 0 heterocycles. The first kappa shape index (κ1) is 24.3. The summed E-state index contributed by atoms with van der Waals surface area (Å²) in [5.41, 5.74) is 13.2. The molecule has 180 valence electrons. The summed E-state index contributed by atoms with van der Waals surface area (Å²) in [7, 11) is 0. The van der Waals surface area contributed by atoms with Crippen LogP contribution in [-0.2, 0) is 0 Å². The average molecular weight is 453 g/mol. The van der Waals surface area contributed by atoms with Gasteiger partial charge in [0.05, 0.1) is 12.2 Å². The highest BCUT2D eigenvalue weighted by Crippen LogP contribution is 2.49. The van der Waals surface area contributed by atoms with Crippen molar-refractivity contribution in [3.8, 4) is 0 Å². The van der Waals surface area contributed by atoms with Gasteiger partial charge >= 0.3 is 0 Å². The van der Waals surface area contributed by atoms with Gasteiger partial charge in [0, 0.05) is 22.6 Å². The quantitative estimate of drug-likeness (QED) is 0.510. The lowest BCUT2D eigenvalue weighted by Crippen LogP contribution is -2.57. The molecule has 4 aliphatic carbocycles. The lowest BCUT2D eigenvalue weighted by molar-refractivity contribution is -0.00875. The zero-order valence-corrected chi connectivity index (χ0v) is 20.7. The van der Waals surface area contributed by atoms with E-state index in [4.69, 9.17) is 11.5 Å². The molecule has 0 aromatic rings. The standard InChI is InChI=1S/C26H48N2O2S/c1-15-21(13-19(25(29)23(15)27)17-9-5-3-6-10-17)31-22-14-20(18-11-7-4-8-12-18)26(30)24(28)16(22)2/h15-26,29-30H,3-14,27-28H2,1-2H3. The smallest absolute Gasteiger partial charge is 0.0725 e. The van der Waals surface area contributed by atoms with E-state index in [-0.39, 0.29) is 24.3 Å². The summed E-state index contributed by atoms with van der Waals surface area (Å²) in [6, 6.07) is -0.240. The predicted molar refractivity (Wildman–Crippen MR) is 131 cm³/mol. The minimum atomic E-state index is -0.349. The molecule has 5 heteroatoms. The van der Waals surface area contributed by atoms with Crippen LogP contribution < -0.4 is 11.5 Å². The second kappa shape index (κ2) is 10.6. The van der Waals surface area contributed by atoms with Crippen molar-refractivity contribution in [1.82, 2.24) is 0 Å². The van der Waals surface area contributed by atoms with Crippen LogP contribution in [0.4, 0.5) is 0 Å². The summed E-state index contributed by atoms with van der Waals surface area (Å²) >= 11 is 2.12. The van der Waals surface area contributed by atoms with E-state index in [9.17, 15) is 10.2 Å². The maximum absolute atomic E-state index is 11.0. The molecule has 0 saturated heterocycles. The summed E-state index contributed by atoms with van der Waals surface area (Å²) < 4.78 is 0. The van der Waals surface area contributed by atoms with Crippen LogP contribution in [0.2, 0.25) is 0 Å². The van der Waals surface area contributed by atoms with Gasteiger partial charge in [-0.05, 0) is 48.3 Å². The van der Waals surface area contributed by atoms with Crippen LogP contribution in [-0.4, -0.2) is 45.0 Å². The number of aliphatic hydroxyl groups is 2. The first-order chi connectivity index (χ1) is 14.9. The van der Waals surface area contributed by atoms with Gasteiger partial charge in [0.2, 0.25) is 0 Å². The molecule has 0 spiro atoms. The second-order valence-corrected chi connectivity index (χ2v) is 13.1.